The molecule has 0 saturated carbocycles. The molecule has 0 rings (SSSR count). The van der Waals surface area contributed by atoms with Crippen LogP contribution in [-0.2, 0) is 33.6 Å². The smallest absolute Gasteiger partial charge is 0.203 e. The molecule has 0 heterocycles. The number of rotatable bonds is 11. The van der Waals surface area contributed by atoms with Gasteiger partial charge in [0.05, 0.1) is 0 Å². The predicted molar refractivity (Wildman–Crippen MR) is 87.8 cm³/mol. The Morgan fingerprint density at radius 1 is 0.600 bits per heavy atom. The van der Waals surface area contributed by atoms with Crippen LogP contribution < -0.4 is 0 Å². The molecule has 0 aliphatic heterocycles. The first-order valence-corrected chi connectivity index (χ1v) is 7.89. The van der Waals surface area contributed by atoms with Crippen LogP contribution in [0.3, 0.4) is 0 Å². The van der Waals surface area contributed by atoms with Crippen molar-refractivity contribution in [3.05, 3.63) is 0 Å². The average molecular weight is 352 g/mol. The SMILES string of the molecule is CC(=O)CCCC(C(C)=O)(C(C)=O)C(=O)C(C(C)=O)(C(C)=O)C(C)=O. The van der Waals surface area contributed by atoms with Crippen molar-refractivity contribution in [1.29, 1.82) is 0 Å². The van der Waals surface area contributed by atoms with Crippen LogP contribution in [0.1, 0.15) is 60.8 Å². The summed E-state index contributed by atoms with van der Waals surface area (Å²) in [6, 6.07) is 0. The van der Waals surface area contributed by atoms with Crippen molar-refractivity contribution in [2.75, 3.05) is 0 Å². The van der Waals surface area contributed by atoms with E-state index in [9.17, 15) is 33.6 Å². The highest BCUT2D eigenvalue weighted by atomic mass is 16.2. The lowest BCUT2D eigenvalue weighted by Crippen LogP contribution is -2.60. The molecule has 7 heteroatoms. The van der Waals surface area contributed by atoms with E-state index in [-0.39, 0.29) is 25.0 Å². The van der Waals surface area contributed by atoms with Gasteiger partial charge in [-0.05, 0) is 54.4 Å². The lowest BCUT2D eigenvalue weighted by molar-refractivity contribution is -0.160. The van der Waals surface area contributed by atoms with Gasteiger partial charge in [-0.25, -0.2) is 0 Å². The summed E-state index contributed by atoms with van der Waals surface area (Å²) in [5.74, 6) is -6.33. The van der Waals surface area contributed by atoms with E-state index in [1.165, 1.54) is 6.92 Å². The molecule has 0 saturated heterocycles. The summed E-state index contributed by atoms with van der Waals surface area (Å²) >= 11 is 0. The highest BCUT2D eigenvalue weighted by Crippen LogP contribution is 2.39. The fourth-order valence-electron chi connectivity index (χ4n) is 3.18. The van der Waals surface area contributed by atoms with Gasteiger partial charge in [0.25, 0.3) is 0 Å². The molecule has 7 nitrogen and oxygen atoms in total. The van der Waals surface area contributed by atoms with Crippen molar-refractivity contribution in [3.8, 4) is 0 Å². The first-order valence-electron chi connectivity index (χ1n) is 7.89. The number of Topliss-reactive ketones (excluding diaryl/α,β-unsaturated/α-hetero) is 7. The second-order valence-corrected chi connectivity index (χ2v) is 6.32. The molecular formula is C18H24O7. The van der Waals surface area contributed by atoms with E-state index < -0.39 is 45.5 Å². The minimum atomic E-state index is -2.69. The first kappa shape index (κ1) is 22.7. The fraction of sp³-hybridized carbons (Fsp3) is 0.611. The molecule has 0 aliphatic carbocycles. The Labute approximate surface area is 146 Å². The van der Waals surface area contributed by atoms with E-state index >= 15 is 0 Å². The van der Waals surface area contributed by atoms with Gasteiger partial charge in [-0.2, -0.15) is 0 Å². The van der Waals surface area contributed by atoms with Gasteiger partial charge < -0.3 is 4.79 Å². The second kappa shape index (κ2) is 8.18. The monoisotopic (exact) mass is 352 g/mol. The second-order valence-electron chi connectivity index (χ2n) is 6.32. The molecule has 138 valence electrons. The van der Waals surface area contributed by atoms with Gasteiger partial charge in [0.15, 0.2) is 34.7 Å². The fourth-order valence-corrected chi connectivity index (χ4v) is 3.18. The van der Waals surface area contributed by atoms with Gasteiger partial charge in [0, 0.05) is 6.42 Å². The Morgan fingerprint density at radius 2 is 0.960 bits per heavy atom. The lowest BCUT2D eigenvalue weighted by Gasteiger charge is -2.35. The molecule has 0 fully saturated rings. The Balaban J connectivity index is 6.56. The van der Waals surface area contributed by atoms with Gasteiger partial charge in [0.1, 0.15) is 11.2 Å². The summed E-state index contributed by atoms with van der Waals surface area (Å²) in [5.41, 5.74) is -4.99. The van der Waals surface area contributed by atoms with E-state index in [2.05, 4.69) is 0 Å². The summed E-state index contributed by atoms with van der Waals surface area (Å²) in [6.45, 7) is 6.02. The van der Waals surface area contributed by atoms with Gasteiger partial charge in [-0.15, -0.1) is 0 Å². The third-order valence-electron chi connectivity index (χ3n) is 4.60. The molecule has 0 aromatic rings. The third kappa shape index (κ3) is 3.86. The first-order chi connectivity index (χ1) is 11.3. The minimum absolute atomic E-state index is 0.0167. The highest BCUT2D eigenvalue weighted by Gasteiger charge is 2.62. The van der Waals surface area contributed by atoms with Crippen molar-refractivity contribution in [1.82, 2.24) is 0 Å². The van der Waals surface area contributed by atoms with E-state index in [1.807, 2.05) is 0 Å². The summed E-state index contributed by atoms with van der Waals surface area (Å²) in [4.78, 5) is 85.3. The van der Waals surface area contributed by atoms with E-state index in [0.29, 0.717) is 0 Å². The Morgan fingerprint density at radius 3 is 1.20 bits per heavy atom. The van der Waals surface area contributed by atoms with Crippen LogP contribution in [0.25, 0.3) is 0 Å². The molecule has 0 spiro atoms. The average Bonchev–Trinajstić information content (AvgIpc) is 2.41. The minimum Gasteiger partial charge on any atom is -0.300 e. The molecule has 0 aromatic carbocycles. The molecule has 0 atom stereocenters. The molecular weight excluding hydrogens is 328 g/mol. The largest absolute Gasteiger partial charge is 0.300 e. The lowest BCUT2D eigenvalue weighted by atomic mass is 9.59. The summed E-state index contributed by atoms with van der Waals surface area (Å²) in [7, 11) is 0. The Hall–Kier alpha value is -2.31. The Bertz CT molecular complexity index is 604. The molecule has 0 unspecified atom stereocenters. The van der Waals surface area contributed by atoms with Crippen LogP contribution in [0.15, 0.2) is 0 Å². The van der Waals surface area contributed by atoms with Gasteiger partial charge in [-0.3, -0.25) is 28.8 Å². The zero-order chi connectivity index (χ0) is 20.2. The molecule has 0 aromatic heterocycles. The number of carbonyl (C=O) groups is 7. The highest BCUT2D eigenvalue weighted by molar-refractivity contribution is 6.44. The normalized spacial score (nSPS) is 11.6. The van der Waals surface area contributed by atoms with Crippen LogP contribution in [-0.4, -0.2) is 40.5 Å². The van der Waals surface area contributed by atoms with Crippen LogP contribution in [0.4, 0.5) is 0 Å². The summed E-state index contributed by atoms with van der Waals surface area (Å²) < 4.78 is 0. The molecule has 0 aliphatic rings. The van der Waals surface area contributed by atoms with E-state index in [1.54, 1.807) is 0 Å². The van der Waals surface area contributed by atoms with Gasteiger partial charge in [0.2, 0.25) is 5.41 Å². The van der Waals surface area contributed by atoms with Crippen LogP contribution in [0, 0.1) is 10.8 Å². The van der Waals surface area contributed by atoms with E-state index in [0.717, 1.165) is 34.6 Å². The number of carbonyl (C=O) groups excluding carboxylic acids is 7. The standard InChI is InChI=1S/C18H24O7/c1-10(19)8-7-9-17(11(2)20,12(3)21)16(25)18(13(4)22,14(5)23)15(6)24/h7-9H2,1-6H3. The summed E-state index contributed by atoms with van der Waals surface area (Å²) in [5, 5.41) is 0. The maximum Gasteiger partial charge on any atom is 0.203 e. The molecule has 0 bridgehead atoms. The Kier molecular flexibility index (Phi) is 7.42. The third-order valence-corrected chi connectivity index (χ3v) is 4.60. The molecule has 0 N–H and O–H groups in total. The number of hydrogen-bond acceptors (Lipinski definition) is 7. The summed E-state index contributed by atoms with van der Waals surface area (Å²) in [6.07, 6.45) is -0.293. The quantitative estimate of drug-likeness (QED) is 0.513. The van der Waals surface area contributed by atoms with Crippen LogP contribution in [0.2, 0.25) is 0 Å². The van der Waals surface area contributed by atoms with Crippen molar-refractivity contribution >= 4 is 40.5 Å². The maximum atomic E-state index is 13.2. The van der Waals surface area contributed by atoms with Gasteiger partial charge in [-0.1, -0.05) is 0 Å². The van der Waals surface area contributed by atoms with E-state index in [4.69, 9.17) is 0 Å². The predicted octanol–water partition coefficient (Wildman–Crippen LogP) is 1.23. The maximum absolute atomic E-state index is 13.2. The molecule has 0 amide bonds. The molecule has 0 radical (unpaired) electrons. The topological polar surface area (TPSA) is 119 Å². The molecule has 25 heavy (non-hydrogen) atoms. The number of hydrogen-bond donors (Lipinski definition) is 0. The van der Waals surface area contributed by atoms with Crippen LogP contribution >= 0.6 is 0 Å². The van der Waals surface area contributed by atoms with Crippen molar-refractivity contribution in [2.24, 2.45) is 10.8 Å². The number of ketones is 7. The van der Waals surface area contributed by atoms with Gasteiger partial charge >= 0.3 is 0 Å². The van der Waals surface area contributed by atoms with Crippen LogP contribution in [0.5, 0.6) is 0 Å². The van der Waals surface area contributed by atoms with Crippen molar-refractivity contribution in [2.45, 2.75) is 60.8 Å². The van der Waals surface area contributed by atoms with Crippen molar-refractivity contribution in [3.63, 3.8) is 0 Å². The zero-order valence-electron chi connectivity index (χ0n) is 15.5. The van der Waals surface area contributed by atoms with Crippen molar-refractivity contribution < 1.29 is 33.6 Å². The zero-order valence-corrected chi connectivity index (χ0v) is 15.5.